The number of fused-ring (bicyclic) bond motifs is 1. The lowest BCUT2D eigenvalue weighted by Gasteiger charge is -2.12. The third-order valence-corrected chi connectivity index (χ3v) is 5.88. The maximum Gasteiger partial charge on any atom is 0.416 e. The molecule has 2 aromatic carbocycles. The number of aromatic nitrogens is 4. The molecule has 5 rings (SSSR count). The van der Waals surface area contributed by atoms with Gasteiger partial charge in [-0.2, -0.15) is 18.2 Å². The number of methoxy groups -OCH3 is 1. The van der Waals surface area contributed by atoms with Gasteiger partial charge >= 0.3 is 6.18 Å². The number of rotatable bonds is 5. The molecule has 3 aromatic heterocycles. The van der Waals surface area contributed by atoms with Crippen molar-refractivity contribution < 1.29 is 17.9 Å². The van der Waals surface area contributed by atoms with Crippen LogP contribution in [0.1, 0.15) is 16.8 Å². The first-order valence-electron chi connectivity index (χ1n) is 11.1. The van der Waals surface area contributed by atoms with E-state index in [4.69, 9.17) is 4.74 Å². The fourth-order valence-corrected chi connectivity index (χ4v) is 4.11. The smallest absolute Gasteiger partial charge is 0.416 e. The van der Waals surface area contributed by atoms with E-state index >= 15 is 0 Å². The van der Waals surface area contributed by atoms with Crippen molar-refractivity contribution in [1.82, 2.24) is 19.6 Å². The number of halogens is 3. The number of anilines is 2. The molecule has 6 nitrogen and oxygen atoms in total. The highest BCUT2D eigenvalue weighted by Gasteiger charge is 2.31. The van der Waals surface area contributed by atoms with Crippen LogP contribution in [0.25, 0.3) is 27.9 Å². The highest BCUT2D eigenvalue weighted by atomic mass is 19.4. The largest absolute Gasteiger partial charge is 0.496 e. The molecule has 0 unspecified atom stereocenters. The van der Waals surface area contributed by atoms with Gasteiger partial charge in [0.15, 0.2) is 5.65 Å². The van der Waals surface area contributed by atoms with Gasteiger partial charge in [0.1, 0.15) is 5.75 Å². The second-order valence-electron chi connectivity index (χ2n) is 8.38. The lowest BCUT2D eigenvalue weighted by atomic mass is 9.98. The zero-order chi connectivity index (χ0) is 25.4. The predicted molar refractivity (Wildman–Crippen MR) is 132 cm³/mol. The molecule has 0 aliphatic heterocycles. The zero-order valence-corrected chi connectivity index (χ0v) is 19.8. The number of pyridine rings is 2. The molecule has 0 saturated carbocycles. The maximum absolute atomic E-state index is 13.3. The first-order valence-corrected chi connectivity index (χ1v) is 11.1. The first-order chi connectivity index (χ1) is 17.2. The van der Waals surface area contributed by atoms with Crippen LogP contribution >= 0.6 is 0 Å². The molecule has 3 heterocycles. The van der Waals surface area contributed by atoms with Crippen molar-refractivity contribution in [3.63, 3.8) is 0 Å². The minimum absolute atomic E-state index is 0.307. The van der Waals surface area contributed by atoms with Gasteiger partial charge in [0.05, 0.1) is 12.7 Å². The van der Waals surface area contributed by atoms with Crippen LogP contribution in [0.15, 0.2) is 73.1 Å². The number of nitrogens with zero attached hydrogens (tertiary/aromatic N) is 4. The van der Waals surface area contributed by atoms with Crippen LogP contribution in [0.3, 0.4) is 0 Å². The molecule has 0 saturated heterocycles. The lowest BCUT2D eigenvalue weighted by molar-refractivity contribution is -0.137. The van der Waals surface area contributed by atoms with Crippen molar-refractivity contribution in [2.24, 2.45) is 0 Å². The number of nitrogens with one attached hydrogen (secondary N) is 1. The van der Waals surface area contributed by atoms with Crippen LogP contribution < -0.4 is 10.1 Å². The minimum Gasteiger partial charge on any atom is -0.496 e. The maximum atomic E-state index is 13.3. The van der Waals surface area contributed by atoms with Gasteiger partial charge in [0.25, 0.3) is 0 Å². The first kappa shape index (κ1) is 23.3. The summed E-state index contributed by atoms with van der Waals surface area (Å²) in [5, 5.41) is 7.64. The summed E-state index contributed by atoms with van der Waals surface area (Å²) in [6.45, 7) is 3.70. The summed E-state index contributed by atoms with van der Waals surface area (Å²) in [7, 11) is 1.60. The van der Waals surface area contributed by atoms with E-state index in [1.165, 1.54) is 6.07 Å². The number of hydrogen-bond donors (Lipinski definition) is 1. The molecule has 0 bridgehead atoms. The Kier molecular flexibility index (Phi) is 5.83. The van der Waals surface area contributed by atoms with Gasteiger partial charge in [-0.25, -0.2) is 4.52 Å². The summed E-state index contributed by atoms with van der Waals surface area (Å²) >= 11 is 0. The molecule has 0 aliphatic carbocycles. The van der Waals surface area contributed by atoms with E-state index in [0.717, 1.165) is 29.0 Å². The minimum atomic E-state index is -4.44. The van der Waals surface area contributed by atoms with Gasteiger partial charge < -0.3 is 10.1 Å². The fraction of sp³-hybridized carbons (Fsp3) is 0.148. The van der Waals surface area contributed by atoms with E-state index in [2.05, 4.69) is 20.4 Å². The third kappa shape index (κ3) is 4.47. The van der Waals surface area contributed by atoms with Gasteiger partial charge in [0, 0.05) is 41.0 Å². The highest BCUT2D eigenvalue weighted by Crippen LogP contribution is 2.36. The molecular formula is C27H22F3N5O. The summed E-state index contributed by atoms with van der Waals surface area (Å²) in [6, 6.07) is 16.7. The Bertz CT molecular complexity index is 1580. The molecular weight excluding hydrogens is 467 g/mol. The van der Waals surface area contributed by atoms with Crippen molar-refractivity contribution >= 4 is 17.3 Å². The fourth-order valence-electron chi connectivity index (χ4n) is 4.11. The van der Waals surface area contributed by atoms with Crippen molar-refractivity contribution in [3.8, 4) is 28.0 Å². The Morgan fingerprint density at radius 3 is 2.50 bits per heavy atom. The van der Waals surface area contributed by atoms with Gasteiger partial charge in [-0.1, -0.05) is 6.07 Å². The summed E-state index contributed by atoms with van der Waals surface area (Å²) in [5.74, 6) is 0.969. The van der Waals surface area contributed by atoms with Gasteiger partial charge in [0.2, 0.25) is 5.95 Å². The van der Waals surface area contributed by atoms with E-state index in [0.29, 0.717) is 39.7 Å². The summed E-state index contributed by atoms with van der Waals surface area (Å²) < 4.78 is 47.2. The molecule has 36 heavy (non-hydrogen) atoms. The number of aryl methyl sites for hydroxylation is 2. The Morgan fingerprint density at radius 1 is 0.917 bits per heavy atom. The second kappa shape index (κ2) is 8.99. The highest BCUT2D eigenvalue weighted by molar-refractivity contribution is 5.81. The average Bonchev–Trinajstić information content (AvgIpc) is 3.26. The number of benzene rings is 2. The molecule has 0 aliphatic rings. The third-order valence-electron chi connectivity index (χ3n) is 5.88. The molecule has 0 atom stereocenters. The molecule has 0 amide bonds. The lowest BCUT2D eigenvalue weighted by Crippen LogP contribution is -2.05. The van der Waals surface area contributed by atoms with Crippen LogP contribution in [0.2, 0.25) is 0 Å². The van der Waals surface area contributed by atoms with Crippen LogP contribution in [0.5, 0.6) is 5.75 Å². The topological polar surface area (TPSA) is 64.3 Å². The van der Waals surface area contributed by atoms with Crippen molar-refractivity contribution in [1.29, 1.82) is 0 Å². The monoisotopic (exact) mass is 489 g/mol. The SMILES string of the molecule is COc1cc(Nc2nc3c(-c4cc(C(F)(F)F)ccc4C)cccn3n2)ccc1-c1ccnc(C)c1. The van der Waals surface area contributed by atoms with Gasteiger partial charge in [-0.3, -0.25) is 4.98 Å². The number of hydrogen-bond acceptors (Lipinski definition) is 5. The van der Waals surface area contributed by atoms with Gasteiger partial charge in [-0.05, 0) is 79.1 Å². The standard InChI is InChI=1S/C27H22F3N5O/c1-16-6-7-19(27(28,29)30)14-23(16)22-5-4-12-35-25(22)33-26(34-35)32-20-8-9-21(24(15-20)36-3)18-10-11-31-17(2)13-18/h4-15H,1-3H3,(H,32,34). The van der Waals surface area contributed by atoms with E-state index in [1.54, 1.807) is 43.1 Å². The summed E-state index contributed by atoms with van der Waals surface area (Å²) in [4.78, 5) is 8.81. The van der Waals surface area contributed by atoms with E-state index in [-0.39, 0.29) is 0 Å². The van der Waals surface area contributed by atoms with Crippen LogP contribution in [-0.4, -0.2) is 26.7 Å². The predicted octanol–water partition coefficient (Wildman–Crippen LogP) is 6.85. The molecule has 9 heteroatoms. The zero-order valence-electron chi connectivity index (χ0n) is 19.8. The van der Waals surface area contributed by atoms with Crippen LogP contribution in [0.4, 0.5) is 24.8 Å². The van der Waals surface area contributed by atoms with Crippen LogP contribution in [0, 0.1) is 13.8 Å². The number of alkyl halides is 3. The van der Waals surface area contributed by atoms with Gasteiger partial charge in [-0.15, -0.1) is 5.10 Å². The Balaban J connectivity index is 1.51. The average molecular weight is 490 g/mol. The van der Waals surface area contributed by atoms with Crippen molar-refractivity contribution in [2.45, 2.75) is 20.0 Å². The quantitative estimate of drug-likeness (QED) is 0.293. The molecule has 0 spiro atoms. The second-order valence-corrected chi connectivity index (χ2v) is 8.38. The summed E-state index contributed by atoms with van der Waals surface area (Å²) in [6.07, 6.45) is -0.982. The van der Waals surface area contributed by atoms with Crippen molar-refractivity contribution in [3.05, 3.63) is 89.9 Å². The van der Waals surface area contributed by atoms with Crippen LogP contribution in [-0.2, 0) is 6.18 Å². The Morgan fingerprint density at radius 2 is 1.75 bits per heavy atom. The molecule has 1 N–H and O–H groups in total. The van der Waals surface area contributed by atoms with Crippen molar-refractivity contribution in [2.75, 3.05) is 12.4 Å². The van der Waals surface area contributed by atoms with E-state index < -0.39 is 11.7 Å². The Hall–Kier alpha value is -4.40. The molecule has 0 fully saturated rings. The number of ether oxygens (including phenoxy) is 1. The molecule has 0 radical (unpaired) electrons. The summed E-state index contributed by atoms with van der Waals surface area (Å²) in [5.41, 5.74) is 4.96. The Labute approximate surface area is 205 Å². The normalized spacial score (nSPS) is 11.6. The van der Waals surface area contributed by atoms with E-state index in [9.17, 15) is 13.2 Å². The van der Waals surface area contributed by atoms with E-state index in [1.807, 2.05) is 37.3 Å². The molecule has 5 aromatic rings. The molecule has 182 valence electrons.